The molecule has 0 bridgehead atoms. The van der Waals surface area contributed by atoms with Crippen LogP contribution in [0.2, 0.25) is 5.02 Å². The van der Waals surface area contributed by atoms with Crippen LogP contribution in [0.5, 0.6) is 0 Å². The van der Waals surface area contributed by atoms with Gasteiger partial charge in [0, 0.05) is 30.5 Å². The third-order valence-electron chi connectivity index (χ3n) is 8.87. The van der Waals surface area contributed by atoms with Crippen LogP contribution >= 0.6 is 11.6 Å². The summed E-state index contributed by atoms with van der Waals surface area (Å²) < 4.78 is 6.16. The van der Waals surface area contributed by atoms with Crippen molar-refractivity contribution in [2.75, 3.05) is 33.4 Å². The summed E-state index contributed by atoms with van der Waals surface area (Å²) in [5.41, 5.74) is 4.10. The number of carbonyl (C=O) groups is 1. The molecule has 0 N–H and O–H groups in total. The first-order chi connectivity index (χ1) is 17.2. The van der Waals surface area contributed by atoms with Crippen molar-refractivity contribution >= 4 is 17.6 Å². The van der Waals surface area contributed by atoms with E-state index in [1.54, 1.807) is 0 Å². The maximum Gasteiger partial charge on any atom is 0.306 e. The molecule has 1 saturated carbocycles. The van der Waals surface area contributed by atoms with Gasteiger partial charge < -0.3 is 28.7 Å². The SMILES string of the molecule is C1CCCCC1.CC(=O)OC[N@+]1(C)CCN([C@@H]2C[C@@H](c3ccccc3)c3ccc(Cl)cc32)CC1(C)C.[I-]. The van der Waals surface area contributed by atoms with Crippen molar-refractivity contribution in [3.63, 3.8) is 0 Å². The highest BCUT2D eigenvalue weighted by Crippen LogP contribution is 2.48. The molecule has 6 heteroatoms. The summed E-state index contributed by atoms with van der Waals surface area (Å²) in [7, 11) is 2.20. The summed E-state index contributed by atoms with van der Waals surface area (Å²) in [4.78, 5) is 14.0. The number of halogens is 2. The number of nitrogens with zero attached hydrogens (tertiary/aromatic N) is 2. The molecule has 5 rings (SSSR count). The van der Waals surface area contributed by atoms with Crippen LogP contribution in [0.25, 0.3) is 0 Å². The Morgan fingerprint density at radius 3 is 2.22 bits per heavy atom. The van der Waals surface area contributed by atoms with Crippen LogP contribution in [0.15, 0.2) is 48.5 Å². The van der Waals surface area contributed by atoms with E-state index in [-0.39, 0.29) is 35.5 Å². The molecule has 3 aliphatic rings. The highest BCUT2D eigenvalue weighted by Gasteiger charge is 2.49. The molecule has 2 fully saturated rings. The Bertz CT molecular complexity index is 1020. The number of likely N-dealkylation sites (N-methyl/N-ethyl adjacent to an activating group) is 1. The molecule has 1 aliphatic heterocycles. The van der Waals surface area contributed by atoms with Gasteiger partial charge in [0.2, 0.25) is 6.73 Å². The van der Waals surface area contributed by atoms with Gasteiger partial charge in [0.25, 0.3) is 0 Å². The van der Waals surface area contributed by atoms with Crippen molar-refractivity contribution in [1.29, 1.82) is 0 Å². The first-order valence-electron chi connectivity index (χ1n) is 13.8. The minimum Gasteiger partial charge on any atom is -1.00 e. The summed E-state index contributed by atoms with van der Waals surface area (Å²) >= 11 is 6.42. The van der Waals surface area contributed by atoms with Crippen molar-refractivity contribution in [3.05, 3.63) is 70.2 Å². The molecule has 4 nitrogen and oxygen atoms in total. The van der Waals surface area contributed by atoms with E-state index in [9.17, 15) is 4.79 Å². The molecule has 2 aromatic rings. The van der Waals surface area contributed by atoms with E-state index >= 15 is 0 Å². The standard InChI is InChI=1S/C25H32ClN2O2.C6H12.HI/c1-18(29)30-17-28(4)13-12-27(16-25(28,2)3)24-15-22(19-8-6-5-7-9-19)21-11-10-20(26)14-23(21)24;1-2-4-6-5-3-1;/h5-11,14,22,24H,12-13,15-17H2,1-4H3;1-6H2;1H/q+1;;/p-1/t22-,24+,28-;;/m0../s1. The van der Waals surface area contributed by atoms with Crippen molar-refractivity contribution in [3.8, 4) is 0 Å². The fourth-order valence-electron chi connectivity index (χ4n) is 6.17. The molecule has 3 atom stereocenters. The van der Waals surface area contributed by atoms with Gasteiger partial charge in [-0.2, -0.15) is 0 Å². The summed E-state index contributed by atoms with van der Waals surface area (Å²) in [5, 5.41) is 0.805. The predicted molar refractivity (Wildman–Crippen MR) is 148 cm³/mol. The fraction of sp³-hybridized carbons (Fsp3) is 0.581. The zero-order valence-corrected chi connectivity index (χ0v) is 25.9. The molecule has 0 spiro atoms. The average Bonchev–Trinajstić information content (AvgIpc) is 3.25. The molecule has 0 radical (unpaired) electrons. The Morgan fingerprint density at radius 2 is 1.65 bits per heavy atom. The van der Waals surface area contributed by atoms with Gasteiger partial charge in [-0.05, 0) is 49.1 Å². The van der Waals surface area contributed by atoms with Crippen molar-refractivity contribution in [1.82, 2.24) is 4.90 Å². The topological polar surface area (TPSA) is 29.5 Å². The van der Waals surface area contributed by atoms with E-state index < -0.39 is 0 Å². The zero-order chi connectivity index (χ0) is 25.8. The van der Waals surface area contributed by atoms with E-state index in [1.165, 1.54) is 62.1 Å². The minimum absolute atomic E-state index is 0. The molecule has 0 aromatic heterocycles. The van der Waals surface area contributed by atoms with Crippen LogP contribution in [0.1, 0.15) is 94.4 Å². The molecule has 1 saturated heterocycles. The van der Waals surface area contributed by atoms with Gasteiger partial charge in [0.05, 0.1) is 20.1 Å². The number of benzene rings is 2. The highest BCUT2D eigenvalue weighted by molar-refractivity contribution is 6.30. The maximum absolute atomic E-state index is 11.4. The lowest BCUT2D eigenvalue weighted by molar-refractivity contribution is -0.974. The highest BCUT2D eigenvalue weighted by atomic mass is 127. The first-order valence-corrected chi connectivity index (χ1v) is 14.1. The molecule has 204 valence electrons. The van der Waals surface area contributed by atoms with Crippen LogP contribution in [0.3, 0.4) is 0 Å². The summed E-state index contributed by atoms with van der Waals surface area (Å²) in [6, 6.07) is 17.5. The second-order valence-corrected chi connectivity index (χ2v) is 12.2. The van der Waals surface area contributed by atoms with E-state index in [0.717, 1.165) is 35.6 Å². The van der Waals surface area contributed by atoms with Crippen LogP contribution in [-0.2, 0) is 9.53 Å². The largest absolute Gasteiger partial charge is 1.00 e. The molecular formula is C31H44ClIN2O2. The Kier molecular flexibility index (Phi) is 10.9. The lowest BCUT2D eigenvalue weighted by atomic mass is 9.92. The Labute approximate surface area is 246 Å². The number of rotatable bonds is 4. The third-order valence-corrected chi connectivity index (χ3v) is 9.10. The van der Waals surface area contributed by atoms with Crippen LogP contribution in [-0.4, -0.2) is 54.3 Å². The fourth-order valence-corrected chi connectivity index (χ4v) is 6.35. The van der Waals surface area contributed by atoms with Gasteiger partial charge in [0.1, 0.15) is 5.54 Å². The first kappa shape index (κ1) is 30.4. The number of esters is 1. The Hall–Kier alpha value is -1.15. The lowest BCUT2D eigenvalue weighted by Gasteiger charge is -2.53. The van der Waals surface area contributed by atoms with E-state index in [0.29, 0.717) is 18.7 Å². The Balaban J connectivity index is 0.000000479. The molecular weight excluding hydrogens is 595 g/mol. The number of piperazine rings is 1. The van der Waals surface area contributed by atoms with E-state index in [4.69, 9.17) is 16.3 Å². The lowest BCUT2D eigenvalue weighted by Crippen LogP contribution is -3.00. The molecule has 0 unspecified atom stereocenters. The van der Waals surface area contributed by atoms with Crippen molar-refractivity contribution in [2.24, 2.45) is 0 Å². The molecule has 0 amide bonds. The number of hydrogen-bond acceptors (Lipinski definition) is 3. The molecule has 1 heterocycles. The number of carbonyl (C=O) groups excluding carboxylic acids is 1. The number of ether oxygens (including phenoxy) is 1. The second kappa shape index (κ2) is 13.3. The van der Waals surface area contributed by atoms with Crippen LogP contribution in [0.4, 0.5) is 0 Å². The number of hydrogen-bond donors (Lipinski definition) is 0. The van der Waals surface area contributed by atoms with Gasteiger partial charge in [-0.3, -0.25) is 14.2 Å². The van der Waals surface area contributed by atoms with Gasteiger partial charge in [-0.25, -0.2) is 0 Å². The predicted octanol–water partition coefficient (Wildman–Crippen LogP) is 4.32. The summed E-state index contributed by atoms with van der Waals surface area (Å²) in [5.74, 6) is 0.188. The van der Waals surface area contributed by atoms with Gasteiger partial charge in [-0.15, -0.1) is 0 Å². The minimum atomic E-state index is -0.211. The van der Waals surface area contributed by atoms with Crippen molar-refractivity contribution in [2.45, 2.75) is 83.2 Å². The van der Waals surface area contributed by atoms with Crippen LogP contribution in [0, 0.1) is 0 Å². The summed E-state index contributed by atoms with van der Waals surface area (Å²) in [6.45, 7) is 9.34. The smallest absolute Gasteiger partial charge is 0.306 e. The molecule has 2 aromatic carbocycles. The monoisotopic (exact) mass is 638 g/mol. The maximum atomic E-state index is 11.4. The second-order valence-electron chi connectivity index (χ2n) is 11.8. The van der Waals surface area contributed by atoms with Crippen LogP contribution < -0.4 is 24.0 Å². The number of quaternary nitrogens is 1. The van der Waals surface area contributed by atoms with E-state index in [2.05, 4.69) is 68.3 Å². The molecule has 37 heavy (non-hydrogen) atoms. The van der Waals surface area contributed by atoms with Gasteiger partial charge in [-0.1, -0.05) is 86.5 Å². The van der Waals surface area contributed by atoms with E-state index in [1.807, 2.05) is 6.07 Å². The number of fused-ring (bicyclic) bond motifs is 1. The quantitative estimate of drug-likeness (QED) is 0.284. The summed E-state index contributed by atoms with van der Waals surface area (Å²) in [6.07, 6.45) is 10.1. The third kappa shape index (κ3) is 7.28. The van der Waals surface area contributed by atoms with Gasteiger partial charge in [0.15, 0.2) is 0 Å². The normalized spacial score (nSPS) is 26.7. The molecule has 2 aliphatic carbocycles. The van der Waals surface area contributed by atoms with Crippen molar-refractivity contribution < 1.29 is 38.0 Å². The zero-order valence-electron chi connectivity index (χ0n) is 23.0. The van der Waals surface area contributed by atoms with Gasteiger partial charge >= 0.3 is 5.97 Å². The average molecular weight is 639 g/mol. The Morgan fingerprint density at radius 1 is 1.03 bits per heavy atom.